The number of hydrogen-bond acceptors (Lipinski definition) is 2. The first-order chi connectivity index (χ1) is 3.66. The van der Waals surface area contributed by atoms with Gasteiger partial charge in [0.05, 0.1) is 0 Å². The minimum Gasteiger partial charge on any atom is -0.297 e. The highest BCUT2D eigenvalue weighted by atomic mass is 15.3. The van der Waals surface area contributed by atoms with Gasteiger partial charge in [0.2, 0.25) is 0 Å². The van der Waals surface area contributed by atoms with Crippen molar-refractivity contribution in [1.29, 1.82) is 0 Å². The van der Waals surface area contributed by atoms with Gasteiger partial charge in [0.15, 0.2) is 0 Å². The van der Waals surface area contributed by atoms with E-state index in [1.54, 1.807) is 0 Å². The molecular formula is C12H40N2. The molecule has 0 aliphatic heterocycles. The van der Waals surface area contributed by atoms with Gasteiger partial charge in [-0.3, -0.25) is 9.80 Å². The molecule has 0 heterocycles. The van der Waals surface area contributed by atoms with E-state index in [2.05, 4.69) is 37.9 Å². The van der Waals surface area contributed by atoms with Crippen molar-refractivity contribution in [2.24, 2.45) is 0 Å². The zero-order valence-electron chi connectivity index (χ0n) is 6.31. The van der Waals surface area contributed by atoms with Crippen LogP contribution >= 0.6 is 0 Å². The zero-order chi connectivity index (χ0) is 6.57. The third-order valence-corrected chi connectivity index (χ3v) is 1.06. The number of nitrogens with zero attached hydrogens (tertiary/aromatic N) is 2. The minimum absolute atomic E-state index is 0. The van der Waals surface area contributed by atoms with E-state index in [1.807, 2.05) is 0 Å². The van der Waals surface area contributed by atoms with Crippen LogP contribution < -0.4 is 0 Å². The van der Waals surface area contributed by atoms with Crippen molar-refractivity contribution in [2.45, 2.75) is 51.5 Å². The lowest BCUT2D eigenvalue weighted by molar-refractivity contribution is 0.219. The van der Waals surface area contributed by atoms with Crippen LogP contribution in [0.5, 0.6) is 0 Å². The Morgan fingerprint density at radius 2 is 1.00 bits per heavy atom. The molecule has 0 N–H and O–H groups in total. The van der Waals surface area contributed by atoms with Crippen LogP contribution in [0.1, 0.15) is 51.5 Å². The summed E-state index contributed by atoms with van der Waals surface area (Å²) in [4.78, 5) is 4.41. The molecule has 0 atom stereocenters. The Morgan fingerprint density at radius 1 is 0.714 bits per heavy atom. The summed E-state index contributed by atoms with van der Waals surface area (Å²) < 4.78 is 0. The van der Waals surface area contributed by atoms with Gasteiger partial charge in [0.25, 0.3) is 0 Å². The maximum Gasteiger partial charge on any atom is 0.0497 e. The highest BCUT2D eigenvalue weighted by Crippen LogP contribution is 1.80. The Hall–Kier alpha value is -0.0800. The molecule has 0 aromatic heterocycles. The normalized spacial score (nSPS) is 6.43. The van der Waals surface area contributed by atoms with Gasteiger partial charge in [-0.05, 0) is 27.7 Å². The predicted octanol–water partition coefficient (Wildman–Crippen LogP) is 4.27. The van der Waals surface area contributed by atoms with E-state index < -0.39 is 0 Å². The summed E-state index contributed by atoms with van der Waals surface area (Å²) >= 11 is 0. The Labute approximate surface area is 96.3 Å². The molecule has 0 amide bonds. The highest BCUT2D eigenvalue weighted by Gasteiger charge is 1.92. The number of hydrogen-bond donors (Lipinski definition) is 0. The Balaban J connectivity index is -0.0000000163. The molecule has 98 valence electrons. The molecule has 0 aliphatic carbocycles. The molecule has 14 heavy (non-hydrogen) atoms. The first-order valence-electron chi connectivity index (χ1n) is 3.00. The first kappa shape index (κ1) is 48.5. The van der Waals surface area contributed by atoms with E-state index in [9.17, 15) is 0 Å². The lowest BCUT2D eigenvalue weighted by Crippen LogP contribution is -2.29. The van der Waals surface area contributed by atoms with E-state index in [0.29, 0.717) is 0 Å². The molecule has 2 nitrogen and oxygen atoms in total. The van der Waals surface area contributed by atoms with Crippen molar-refractivity contribution in [3.8, 4) is 0 Å². The van der Waals surface area contributed by atoms with Gasteiger partial charge in [-0.25, -0.2) is 0 Å². The maximum atomic E-state index is 2.25. The van der Waals surface area contributed by atoms with Crippen LogP contribution in [0.3, 0.4) is 0 Å². The third kappa shape index (κ3) is 40.6. The van der Waals surface area contributed by atoms with Crippen LogP contribution in [0.2, 0.25) is 0 Å². The molecule has 0 saturated heterocycles. The van der Waals surface area contributed by atoms with Crippen LogP contribution in [0.15, 0.2) is 0 Å². The smallest absolute Gasteiger partial charge is 0.0497 e. The highest BCUT2D eigenvalue weighted by molar-refractivity contribution is 4.41. The summed E-state index contributed by atoms with van der Waals surface area (Å²) in [7, 11) is 6.26. The number of rotatable bonds is 3. The van der Waals surface area contributed by atoms with Crippen LogP contribution in [-0.2, 0) is 0 Å². The summed E-state index contributed by atoms with van der Waals surface area (Å²) in [6.07, 6.45) is 0. The fourth-order valence-corrected chi connectivity index (χ4v) is 0.583. The quantitative estimate of drug-likeness (QED) is 0.645. The van der Waals surface area contributed by atoms with Crippen molar-refractivity contribution in [3.05, 3.63) is 0 Å². The largest absolute Gasteiger partial charge is 0.297 e. The molecule has 0 saturated carbocycles. The van der Waals surface area contributed by atoms with Crippen molar-refractivity contribution in [1.82, 2.24) is 9.80 Å². The van der Waals surface area contributed by atoms with Crippen LogP contribution in [0.25, 0.3) is 0 Å². The first-order valence-corrected chi connectivity index (χ1v) is 3.00. The molecule has 0 aromatic carbocycles. The zero-order valence-corrected chi connectivity index (χ0v) is 6.31. The summed E-state index contributed by atoms with van der Waals surface area (Å²) in [6.45, 7) is 4.33. The van der Waals surface area contributed by atoms with Gasteiger partial charge >= 0.3 is 0 Å². The van der Waals surface area contributed by atoms with Gasteiger partial charge in [0.1, 0.15) is 0 Å². The second kappa shape index (κ2) is 29.3. The van der Waals surface area contributed by atoms with Crippen LogP contribution in [-0.4, -0.2) is 44.2 Å². The summed E-state index contributed by atoms with van der Waals surface area (Å²) in [5, 5.41) is 0. The molecule has 0 rings (SSSR count). The topological polar surface area (TPSA) is 6.48 Å². The third-order valence-electron chi connectivity index (χ3n) is 1.06. The molecule has 0 radical (unpaired) electrons. The molecule has 0 bridgehead atoms. The van der Waals surface area contributed by atoms with Gasteiger partial charge < -0.3 is 0 Å². The molecule has 0 aromatic rings. The lowest BCUT2D eigenvalue weighted by Gasteiger charge is -2.18. The maximum absolute atomic E-state index is 2.25. The molecule has 0 fully saturated rings. The van der Waals surface area contributed by atoms with Crippen molar-refractivity contribution in [2.75, 3.05) is 34.4 Å². The second-order valence-electron chi connectivity index (χ2n) is 2.39. The molecule has 0 unspecified atom stereocenters. The fraction of sp³-hybridized carbons (Fsp3) is 1.00. The summed E-state index contributed by atoms with van der Waals surface area (Å²) in [5.41, 5.74) is 0. The minimum atomic E-state index is 0. The molecule has 0 spiro atoms. The van der Waals surface area contributed by atoms with Crippen LogP contribution in [0, 0.1) is 0 Å². The lowest BCUT2D eigenvalue weighted by atomic mass is 10.6. The Kier molecular flexibility index (Phi) is 101. The molecule has 0 aliphatic rings. The van der Waals surface area contributed by atoms with Gasteiger partial charge in [-0.1, -0.05) is 51.5 Å². The Bertz CT molecular complexity index is 54.3. The fourth-order valence-electron chi connectivity index (χ4n) is 0.583. The van der Waals surface area contributed by atoms with Crippen molar-refractivity contribution in [3.63, 3.8) is 0 Å². The van der Waals surface area contributed by atoms with E-state index in [-0.39, 0.29) is 44.6 Å². The van der Waals surface area contributed by atoms with Gasteiger partial charge in [-0.2, -0.15) is 0 Å². The van der Waals surface area contributed by atoms with Gasteiger partial charge in [-0.15, -0.1) is 0 Å². The van der Waals surface area contributed by atoms with E-state index >= 15 is 0 Å². The van der Waals surface area contributed by atoms with Crippen LogP contribution in [0.4, 0.5) is 0 Å². The second-order valence-corrected chi connectivity index (χ2v) is 2.39. The van der Waals surface area contributed by atoms with E-state index in [4.69, 9.17) is 0 Å². The van der Waals surface area contributed by atoms with Crippen molar-refractivity contribution >= 4 is 0 Å². The Morgan fingerprint density at radius 3 is 1.07 bits per heavy atom. The SMILES string of the molecule is C.C.C.C.C.C.CCN(C)CN(C)C. The molecule has 2 heteroatoms. The average Bonchev–Trinajstić information content (AvgIpc) is 1.65. The van der Waals surface area contributed by atoms with Crippen molar-refractivity contribution < 1.29 is 0 Å². The molecular weight excluding hydrogens is 172 g/mol. The summed E-state index contributed by atoms with van der Waals surface area (Å²) in [6, 6.07) is 0. The summed E-state index contributed by atoms with van der Waals surface area (Å²) in [5.74, 6) is 0. The standard InChI is InChI=1S/C6H16N2.6CH4/c1-5-8(4)6-7(2)3;;;;;;/h5-6H2,1-4H3;6*1H4. The van der Waals surface area contributed by atoms with E-state index in [1.165, 1.54) is 0 Å². The monoisotopic (exact) mass is 212 g/mol. The van der Waals surface area contributed by atoms with Gasteiger partial charge in [0, 0.05) is 6.67 Å². The van der Waals surface area contributed by atoms with E-state index in [0.717, 1.165) is 13.2 Å². The predicted molar refractivity (Wildman–Crippen MR) is 77.2 cm³/mol. The average molecular weight is 212 g/mol.